The maximum absolute atomic E-state index is 15.2. The van der Waals surface area contributed by atoms with Crippen LogP contribution in [0.4, 0.5) is 79.0 Å². The van der Waals surface area contributed by atoms with Crippen molar-refractivity contribution >= 4 is 53.3 Å². The first-order valence-corrected chi connectivity index (χ1v) is 25.9. The summed E-state index contributed by atoms with van der Waals surface area (Å²) >= 11 is 2.17. The monoisotopic (exact) mass is 1210 g/mol. The van der Waals surface area contributed by atoms with E-state index in [1.807, 2.05) is 0 Å². The molecule has 0 radical (unpaired) electrons. The van der Waals surface area contributed by atoms with E-state index in [9.17, 15) is 95.5 Å². The van der Waals surface area contributed by atoms with Gasteiger partial charge in [-0.2, -0.15) is 99.5 Å². The van der Waals surface area contributed by atoms with Crippen LogP contribution in [-0.4, -0.2) is 93.1 Å². The van der Waals surface area contributed by atoms with E-state index < -0.39 is 103 Å². The number of halogens is 18. The lowest BCUT2D eigenvalue weighted by molar-refractivity contribution is -0.382. The predicted molar refractivity (Wildman–Crippen MR) is 232 cm³/mol. The molecule has 0 saturated heterocycles. The largest absolute Gasteiger partial charge is 0.497 e. The summed E-state index contributed by atoms with van der Waals surface area (Å²) in [7, 11) is -18.8. The summed E-state index contributed by atoms with van der Waals surface area (Å²) in [6.07, 6.45) is -14.4. The second-order valence-corrected chi connectivity index (χ2v) is 23.3. The highest BCUT2D eigenvalue weighted by Gasteiger charge is 2.87. The molecule has 5 aromatic rings. The van der Waals surface area contributed by atoms with Crippen LogP contribution in [0.3, 0.4) is 0 Å². The molecule has 0 N–H and O–H groups in total. The van der Waals surface area contributed by atoms with Crippen molar-refractivity contribution in [2.45, 2.75) is 76.8 Å². The number of thiol groups is 1. The molecule has 0 spiro atoms. The maximum atomic E-state index is 15.2. The molecule has 5 aromatic carbocycles. The van der Waals surface area contributed by atoms with Crippen LogP contribution in [0.2, 0.25) is 0 Å². The van der Waals surface area contributed by atoms with Gasteiger partial charge in [0, 0.05) is 40.0 Å². The Kier molecular flexibility index (Phi) is 18.1. The van der Waals surface area contributed by atoms with Crippen molar-refractivity contribution in [3.8, 4) is 5.75 Å². The molecule has 76 heavy (non-hydrogen) atoms. The molecule has 0 fully saturated rings. The normalized spacial score (nSPS) is 14.4. The summed E-state index contributed by atoms with van der Waals surface area (Å²) in [6, 6.07) is 27.8. The van der Waals surface area contributed by atoms with Gasteiger partial charge in [-0.1, -0.05) is 48.5 Å². The van der Waals surface area contributed by atoms with Crippen molar-refractivity contribution in [2.24, 2.45) is 0 Å². The third-order valence-corrected chi connectivity index (χ3v) is 19.0. The molecule has 0 aliphatic heterocycles. The molecule has 0 atom stereocenters. The molecule has 0 aromatic heterocycles. The number of sulfone groups is 1. The summed E-state index contributed by atoms with van der Waals surface area (Å²) in [5.41, 5.74) is 0.886. The van der Waals surface area contributed by atoms with Crippen LogP contribution < -0.4 is 4.74 Å². The minimum Gasteiger partial charge on any atom is -0.497 e. The van der Waals surface area contributed by atoms with E-state index in [0.717, 1.165) is 48.5 Å². The van der Waals surface area contributed by atoms with Crippen LogP contribution in [0.1, 0.15) is 11.1 Å². The number of hydrogen-bond acceptors (Lipinski definition) is 12. The van der Waals surface area contributed by atoms with Gasteiger partial charge in [0.25, 0.3) is 0 Å². The summed E-state index contributed by atoms with van der Waals surface area (Å²) in [5.74, 6) is -30.7. The van der Waals surface area contributed by atoms with Crippen molar-refractivity contribution in [1.29, 1.82) is 0 Å². The lowest BCUT2D eigenvalue weighted by Gasteiger charge is -2.41. The number of methoxy groups -OCH3 is 3. The predicted octanol–water partition coefficient (Wildman–Crippen LogP) is 12.6. The maximum Gasteiger partial charge on any atom is 0.460 e. The zero-order valence-corrected chi connectivity index (χ0v) is 41.7. The SMILES string of the molecule is COc1ccc(C(OC)(OC)c2ccc(S(=O)(=O)c3ccc(S(OS(=O)(=O)C(F)(F)C(F)(F)C(F)(F)C(F)(F)F)(c4ccccc4)c4ccccc4)cc3)cc2)cc1.O=S(=O)(OS)C(F)(F)C(F)(F)C(F)(F)C(F)(F)F. The van der Waals surface area contributed by atoms with Gasteiger partial charge in [0.05, 0.1) is 16.9 Å². The molecule has 0 amide bonds. The zero-order valence-electron chi connectivity index (χ0n) is 37.6. The Bertz CT molecular complexity index is 3090. The Morgan fingerprint density at radius 1 is 0.382 bits per heavy atom. The van der Waals surface area contributed by atoms with E-state index in [0.29, 0.717) is 16.9 Å². The van der Waals surface area contributed by atoms with Crippen LogP contribution in [0.25, 0.3) is 0 Å². The van der Waals surface area contributed by atoms with Gasteiger partial charge in [-0.05, 0) is 108 Å². The molecule has 34 heteroatoms. The molecular formula is C42H32F18O11S5. The number of ether oxygens (including phenoxy) is 3. The fourth-order valence-electron chi connectivity index (χ4n) is 6.34. The molecule has 0 unspecified atom stereocenters. The van der Waals surface area contributed by atoms with Gasteiger partial charge in [0.2, 0.25) is 15.6 Å². The first-order chi connectivity index (χ1) is 34.6. The van der Waals surface area contributed by atoms with Crippen molar-refractivity contribution in [3.05, 3.63) is 145 Å². The van der Waals surface area contributed by atoms with Gasteiger partial charge in [-0.25, -0.2) is 12.0 Å². The average Bonchev–Trinajstić information content (AvgIpc) is 3.36. The van der Waals surface area contributed by atoms with Crippen LogP contribution in [0.15, 0.2) is 158 Å². The molecule has 0 saturated carbocycles. The molecule has 422 valence electrons. The Hall–Kier alpha value is -4.97. The minimum absolute atomic E-state index is 0.282. The van der Waals surface area contributed by atoms with Gasteiger partial charge in [-0.3, -0.25) is 0 Å². The topological polar surface area (TPSA) is 149 Å². The Morgan fingerprint density at radius 3 is 1.00 bits per heavy atom. The summed E-state index contributed by atoms with van der Waals surface area (Å²) < 4.78 is 334. The first kappa shape index (κ1) is 63.6. The Labute approximate surface area is 426 Å². The Morgan fingerprint density at radius 2 is 0.684 bits per heavy atom. The van der Waals surface area contributed by atoms with Gasteiger partial charge in [0.15, 0.2) is 0 Å². The van der Waals surface area contributed by atoms with Crippen LogP contribution in [0.5, 0.6) is 5.75 Å². The lowest BCUT2D eigenvalue weighted by Crippen LogP contribution is -2.63. The average molecular weight is 1220 g/mol. The Balaban J connectivity index is 0.000000591. The quantitative estimate of drug-likeness (QED) is 0.0364. The summed E-state index contributed by atoms with van der Waals surface area (Å²) in [5, 5.41) is -14.0. The third-order valence-electron chi connectivity index (χ3n) is 10.4. The van der Waals surface area contributed by atoms with Gasteiger partial charge >= 0.3 is 66.8 Å². The molecule has 0 aliphatic carbocycles. The van der Waals surface area contributed by atoms with E-state index in [-0.39, 0.29) is 14.7 Å². The molecule has 11 nitrogen and oxygen atoms in total. The highest BCUT2D eigenvalue weighted by atomic mass is 32.3. The fourth-order valence-corrected chi connectivity index (χ4v) is 13.6. The smallest absolute Gasteiger partial charge is 0.460 e. The second kappa shape index (κ2) is 21.7. The number of alkyl halides is 18. The molecular weight excluding hydrogens is 1180 g/mol. The fraction of sp³-hybridized carbons (Fsp3) is 0.286. The minimum atomic E-state index is -7.58. The number of benzene rings is 5. The lowest BCUT2D eigenvalue weighted by atomic mass is 9.97. The van der Waals surface area contributed by atoms with E-state index in [1.165, 1.54) is 82.0 Å². The summed E-state index contributed by atoms with van der Waals surface area (Å²) in [4.78, 5) is -1.88. The van der Waals surface area contributed by atoms with E-state index in [2.05, 4.69) is 16.5 Å². The van der Waals surface area contributed by atoms with E-state index in [4.69, 9.17) is 17.8 Å². The van der Waals surface area contributed by atoms with Gasteiger partial charge < -0.3 is 14.2 Å². The van der Waals surface area contributed by atoms with Gasteiger partial charge in [0.1, 0.15) is 5.75 Å². The van der Waals surface area contributed by atoms with E-state index >= 15 is 8.78 Å². The highest BCUT2D eigenvalue weighted by molar-refractivity contribution is 8.33. The first-order valence-electron chi connectivity index (χ1n) is 19.6. The summed E-state index contributed by atoms with van der Waals surface area (Å²) in [6.45, 7) is 0. The standard InChI is InChI=1S/C38H31F9O8S3.C4HF9O3S2/c1-52-28-18-14-26(15-19-28)34(53-2,54-3)27-16-20-32(21-17-27)57(48,49)33-24-22-31(23-25-33)56(29-10-6-4-7-11-29,30-12-8-5-9-13-30)55-58(50,51)38(46,47)36(41,42)35(39,40)37(43,44)45;5-1(6,3(9,10)11)2(7,8)4(12,13)18(14,15)16-17/h4-25H,1-3H3;17H. The van der Waals surface area contributed by atoms with Crippen LogP contribution in [0, 0.1) is 0 Å². The molecule has 0 heterocycles. The van der Waals surface area contributed by atoms with Crippen molar-refractivity contribution < 1.29 is 126 Å². The highest BCUT2D eigenvalue weighted by Crippen LogP contribution is 2.71. The number of hydrogen-bond donors (Lipinski definition) is 1. The van der Waals surface area contributed by atoms with Crippen LogP contribution in [-0.2, 0) is 52.6 Å². The molecule has 5 rings (SSSR count). The van der Waals surface area contributed by atoms with Crippen molar-refractivity contribution in [2.75, 3.05) is 21.3 Å². The van der Waals surface area contributed by atoms with Crippen molar-refractivity contribution in [3.63, 3.8) is 0 Å². The van der Waals surface area contributed by atoms with Gasteiger partial charge in [-0.15, -0.1) is 0 Å². The molecule has 0 bridgehead atoms. The van der Waals surface area contributed by atoms with Crippen molar-refractivity contribution in [1.82, 2.24) is 0 Å². The van der Waals surface area contributed by atoms with Crippen LogP contribution >= 0.6 is 23.2 Å². The molecule has 0 aliphatic rings. The number of rotatable bonds is 19. The zero-order chi connectivity index (χ0) is 58.2. The second-order valence-electron chi connectivity index (χ2n) is 14.8. The third kappa shape index (κ3) is 10.8. The van der Waals surface area contributed by atoms with E-state index in [1.54, 1.807) is 24.3 Å².